The Balaban J connectivity index is 2.43. The zero-order valence-electron chi connectivity index (χ0n) is 10.7. The van der Waals surface area contributed by atoms with E-state index >= 15 is 0 Å². The first-order chi connectivity index (χ1) is 8.97. The van der Waals surface area contributed by atoms with Gasteiger partial charge in [0.15, 0.2) is 0 Å². The standard InChI is InChI=1S/C13H14FN3O2/c1-9-7-10(2)17(15-9)13(8-16(18)19)11-3-5-12(14)6-4-11/h3-7,13H,8H2,1-2H3/t13-/m1/s1. The SMILES string of the molecule is Cc1cc(C)n([C@H](C[N+](=O)[O-])c2ccc(F)cc2)n1. The molecule has 0 unspecified atom stereocenters. The van der Waals surface area contributed by atoms with Crippen molar-refractivity contribution in [2.75, 3.05) is 6.54 Å². The molecule has 100 valence electrons. The van der Waals surface area contributed by atoms with E-state index in [1.807, 2.05) is 19.9 Å². The fraction of sp³-hybridized carbons (Fsp3) is 0.308. The minimum atomic E-state index is -0.524. The molecular weight excluding hydrogens is 249 g/mol. The molecule has 1 atom stereocenters. The fourth-order valence-corrected chi connectivity index (χ4v) is 2.11. The first-order valence-corrected chi connectivity index (χ1v) is 5.87. The van der Waals surface area contributed by atoms with Crippen molar-refractivity contribution in [2.45, 2.75) is 19.9 Å². The molecule has 0 bridgehead atoms. The molecule has 2 rings (SSSR count). The Morgan fingerprint density at radius 1 is 1.37 bits per heavy atom. The van der Waals surface area contributed by atoms with Gasteiger partial charge in [0.25, 0.3) is 0 Å². The lowest BCUT2D eigenvalue weighted by atomic mass is 10.1. The highest BCUT2D eigenvalue weighted by atomic mass is 19.1. The van der Waals surface area contributed by atoms with E-state index in [4.69, 9.17) is 0 Å². The van der Waals surface area contributed by atoms with Crippen molar-refractivity contribution in [2.24, 2.45) is 0 Å². The highest BCUT2D eigenvalue weighted by Gasteiger charge is 2.22. The summed E-state index contributed by atoms with van der Waals surface area (Å²) in [6.45, 7) is 3.39. The van der Waals surface area contributed by atoms with Gasteiger partial charge in [-0.15, -0.1) is 0 Å². The van der Waals surface area contributed by atoms with Crippen LogP contribution in [0.4, 0.5) is 4.39 Å². The van der Waals surface area contributed by atoms with Crippen LogP contribution in [0.5, 0.6) is 0 Å². The Morgan fingerprint density at radius 2 is 2.00 bits per heavy atom. The van der Waals surface area contributed by atoms with Crippen molar-refractivity contribution in [1.29, 1.82) is 0 Å². The van der Waals surface area contributed by atoms with Gasteiger partial charge in [-0.05, 0) is 37.6 Å². The second-order valence-electron chi connectivity index (χ2n) is 4.45. The molecule has 1 aromatic heterocycles. The summed E-state index contributed by atoms with van der Waals surface area (Å²) in [5, 5.41) is 15.1. The van der Waals surface area contributed by atoms with Crippen molar-refractivity contribution < 1.29 is 9.31 Å². The summed E-state index contributed by atoms with van der Waals surface area (Å²) in [6, 6.07) is 7.04. The van der Waals surface area contributed by atoms with Gasteiger partial charge in [-0.25, -0.2) is 4.39 Å². The number of nitrogens with zero attached hydrogens (tertiary/aromatic N) is 3. The predicted octanol–water partition coefficient (Wildman–Crippen LogP) is 2.51. The maximum atomic E-state index is 12.9. The third-order valence-electron chi connectivity index (χ3n) is 2.92. The second-order valence-corrected chi connectivity index (χ2v) is 4.45. The number of benzene rings is 1. The summed E-state index contributed by atoms with van der Waals surface area (Å²) >= 11 is 0. The third-order valence-corrected chi connectivity index (χ3v) is 2.92. The second kappa shape index (κ2) is 5.17. The highest BCUT2D eigenvalue weighted by Crippen LogP contribution is 2.21. The Hall–Kier alpha value is -2.24. The largest absolute Gasteiger partial charge is 0.264 e. The summed E-state index contributed by atoms with van der Waals surface area (Å²) in [5.41, 5.74) is 2.31. The van der Waals surface area contributed by atoms with Gasteiger partial charge in [0, 0.05) is 10.6 Å². The van der Waals surface area contributed by atoms with Crippen LogP contribution in [0.2, 0.25) is 0 Å². The van der Waals surface area contributed by atoms with Crippen LogP contribution in [0.25, 0.3) is 0 Å². The molecule has 19 heavy (non-hydrogen) atoms. The van der Waals surface area contributed by atoms with Gasteiger partial charge in [-0.2, -0.15) is 5.10 Å². The monoisotopic (exact) mass is 263 g/mol. The van der Waals surface area contributed by atoms with E-state index in [-0.39, 0.29) is 17.3 Å². The normalized spacial score (nSPS) is 12.4. The Labute approximate surface area is 109 Å². The Kier molecular flexibility index (Phi) is 3.59. The Bertz CT molecular complexity index is 592. The number of rotatable bonds is 4. The van der Waals surface area contributed by atoms with Crippen LogP contribution >= 0.6 is 0 Å². The quantitative estimate of drug-likeness (QED) is 0.629. The van der Waals surface area contributed by atoms with E-state index in [0.29, 0.717) is 5.56 Å². The maximum absolute atomic E-state index is 12.9. The van der Waals surface area contributed by atoms with Crippen LogP contribution < -0.4 is 0 Å². The zero-order chi connectivity index (χ0) is 14.0. The molecule has 0 aliphatic heterocycles. The minimum absolute atomic E-state index is 0.284. The van der Waals surface area contributed by atoms with E-state index in [1.165, 1.54) is 12.1 Å². The van der Waals surface area contributed by atoms with Gasteiger partial charge >= 0.3 is 0 Å². The minimum Gasteiger partial charge on any atom is -0.264 e. The molecule has 6 heteroatoms. The average Bonchev–Trinajstić information content (AvgIpc) is 2.66. The maximum Gasteiger partial charge on any atom is 0.230 e. The molecule has 0 aliphatic rings. The molecule has 0 amide bonds. The fourth-order valence-electron chi connectivity index (χ4n) is 2.11. The van der Waals surface area contributed by atoms with Crippen LogP contribution in [-0.2, 0) is 0 Å². The molecule has 0 radical (unpaired) electrons. The smallest absolute Gasteiger partial charge is 0.230 e. The third kappa shape index (κ3) is 2.96. The van der Waals surface area contributed by atoms with Gasteiger partial charge in [-0.1, -0.05) is 12.1 Å². The van der Waals surface area contributed by atoms with E-state index in [1.54, 1.807) is 16.8 Å². The zero-order valence-corrected chi connectivity index (χ0v) is 10.7. The molecule has 1 heterocycles. The molecule has 1 aromatic carbocycles. The predicted molar refractivity (Wildman–Crippen MR) is 68.1 cm³/mol. The number of hydrogen-bond acceptors (Lipinski definition) is 3. The molecule has 0 aliphatic carbocycles. The van der Waals surface area contributed by atoms with Crippen molar-refractivity contribution in [1.82, 2.24) is 9.78 Å². The van der Waals surface area contributed by atoms with Gasteiger partial charge in [-0.3, -0.25) is 14.8 Å². The van der Waals surface area contributed by atoms with Gasteiger partial charge in [0.05, 0.1) is 5.69 Å². The average molecular weight is 263 g/mol. The molecule has 0 saturated heterocycles. The summed E-state index contributed by atoms with van der Waals surface area (Å²) in [6.07, 6.45) is 0. The van der Waals surface area contributed by atoms with E-state index in [0.717, 1.165) is 11.4 Å². The molecule has 0 fully saturated rings. The number of aryl methyl sites for hydroxylation is 2. The van der Waals surface area contributed by atoms with Crippen molar-refractivity contribution >= 4 is 0 Å². The summed E-state index contributed by atoms with van der Waals surface area (Å²) in [4.78, 5) is 10.4. The topological polar surface area (TPSA) is 61.0 Å². The van der Waals surface area contributed by atoms with E-state index < -0.39 is 6.04 Å². The van der Waals surface area contributed by atoms with Gasteiger partial charge in [0.2, 0.25) is 6.54 Å². The first kappa shape index (κ1) is 13.2. The molecule has 0 N–H and O–H groups in total. The van der Waals surface area contributed by atoms with Crippen molar-refractivity contribution in [3.8, 4) is 0 Å². The summed E-state index contributed by atoms with van der Waals surface area (Å²) in [7, 11) is 0. The first-order valence-electron chi connectivity index (χ1n) is 5.87. The van der Waals surface area contributed by atoms with Crippen LogP contribution in [0, 0.1) is 29.8 Å². The van der Waals surface area contributed by atoms with E-state index in [9.17, 15) is 14.5 Å². The highest BCUT2D eigenvalue weighted by molar-refractivity contribution is 5.22. The summed E-state index contributed by atoms with van der Waals surface area (Å²) < 4.78 is 14.6. The lowest BCUT2D eigenvalue weighted by Crippen LogP contribution is -2.22. The number of halogens is 1. The molecular formula is C13H14FN3O2. The van der Waals surface area contributed by atoms with Crippen LogP contribution in [0.15, 0.2) is 30.3 Å². The van der Waals surface area contributed by atoms with E-state index in [2.05, 4.69) is 5.10 Å². The number of nitro groups is 1. The van der Waals surface area contributed by atoms with Crippen molar-refractivity contribution in [3.05, 3.63) is 63.2 Å². The number of hydrogen-bond donors (Lipinski definition) is 0. The van der Waals surface area contributed by atoms with Crippen molar-refractivity contribution in [3.63, 3.8) is 0 Å². The number of aromatic nitrogens is 2. The summed E-state index contributed by atoms with van der Waals surface area (Å²) in [5.74, 6) is -0.364. The molecule has 0 saturated carbocycles. The van der Waals surface area contributed by atoms with Crippen LogP contribution in [0.1, 0.15) is 23.0 Å². The lowest BCUT2D eigenvalue weighted by Gasteiger charge is -2.15. The van der Waals surface area contributed by atoms with Gasteiger partial charge in [0.1, 0.15) is 11.9 Å². The van der Waals surface area contributed by atoms with Crippen LogP contribution in [-0.4, -0.2) is 21.2 Å². The molecule has 5 nitrogen and oxygen atoms in total. The molecule has 0 spiro atoms. The van der Waals surface area contributed by atoms with Gasteiger partial charge < -0.3 is 0 Å². The Morgan fingerprint density at radius 3 is 2.47 bits per heavy atom. The molecule has 2 aromatic rings. The van der Waals surface area contributed by atoms with Crippen LogP contribution in [0.3, 0.4) is 0 Å². The lowest BCUT2D eigenvalue weighted by molar-refractivity contribution is -0.484.